The van der Waals surface area contributed by atoms with E-state index in [2.05, 4.69) is 34.2 Å². The number of benzene rings is 1. The highest BCUT2D eigenvalue weighted by Gasteiger charge is 2.34. The smallest absolute Gasteiger partial charge is 0.285 e. The van der Waals surface area contributed by atoms with Gasteiger partial charge in [-0.05, 0) is 54.0 Å². The second-order valence-electron chi connectivity index (χ2n) is 10.5. The highest BCUT2D eigenvalue weighted by molar-refractivity contribution is 7.90. The Morgan fingerprint density at radius 1 is 1.15 bits per heavy atom. The van der Waals surface area contributed by atoms with Crippen LogP contribution in [-0.4, -0.2) is 57.6 Å². The maximum Gasteiger partial charge on any atom is 0.285 e. The minimum absolute atomic E-state index is 0.0582. The average Bonchev–Trinajstić information content (AvgIpc) is 3.22. The number of aromatic hydroxyl groups is 1. The van der Waals surface area contributed by atoms with E-state index in [4.69, 9.17) is 23.2 Å². The van der Waals surface area contributed by atoms with Crippen molar-refractivity contribution in [1.82, 2.24) is 24.1 Å². The van der Waals surface area contributed by atoms with Gasteiger partial charge in [-0.1, -0.05) is 43.1 Å². The number of amides is 1. The van der Waals surface area contributed by atoms with Crippen LogP contribution in [0.15, 0.2) is 41.6 Å². The van der Waals surface area contributed by atoms with Gasteiger partial charge in [0, 0.05) is 32.1 Å². The number of fused-ring (bicyclic) bond motifs is 3. The Bertz CT molecular complexity index is 1730. The molecule has 3 aromatic heterocycles. The van der Waals surface area contributed by atoms with Gasteiger partial charge in [0.25, 0.3) is 15.9 Å². The fourth-order valence-corrected chi connectivity index (χ4v) is 6.51. The monoisotopic (exact) mass is 588 g/mol. The third-order valence-electron chi connectivity index (χ3n) is 6.80. The summed E-state index contributed by atoms with van der Waals surface area (Å²) in [6.45, 7) is 4.22. The van der Waals surface area contributed by atoms with E-state index in [9.17, 15) is 18.3 Å². The lowest BCUT2D eigenvalue weighted by Gasteiger charge is -2.32. The van der Waals surface area contributed by atoms with Crippen molar-refractivity contribution in [2.45, 2.75) is 38.0 Å². The van der Waals surface area contributed by atoms with Crippen LogP contribution in [0.4, 0.5) is 11.5 Å². The second kappa shape index (κ2) is 9.65. The van der Waals surface area contributed by atoms with Gasteiger partial charge >= 0.3 is 0 Å². The molecule has 0 spiro atoms. The molecule has 4 aromatic rings. The first kappa shape index (κ1) is 27.2. The molecule has 0 saturated heterocycles. The van der Waals surface area contributed by atoms with Gasteiger partial charge in [0.1, 0.15) is 5.82 Å². The van der Waals surface area contributed by atoms with Crippen molar-refractivity contribution >= 4 is 61.7 Å². The predicted octanol–water partition coefficient (Wildman–Crippen LogP) is 5.04. The summed E-state index contributed by atoms with van der Waals surface area (Å²) in [7, 11) is -1.21. The van der Waals surface area contributed by atoms with E-state index < -0.39 is 15.9 Å². The summed E-state index contributed by atoms with van der Waals surface area (Å²) in [6, 6.07) is 5.65. The van der Waals surface area contributed by atoms with Crippen molar-refractivity contribution in [3.05, 3.63) is 63.4 Å². The van der Waals surface area contributed by atoms with Crippen LogP contribution in [0.1, 0.15) is 41.8 Å². The Hall–Kier alpha value is -3.41. The molecule has 39 heavy (non-hydrogen) atoms. The van der Waals surface area contributed by atoms with E-state index in [0.29, 0.717) is 28.4 Å². The lowest BCUT2D eigenvalue weighted by atomic mass is 9.74. The first-order chi connectivity index (χ1) is 18.3. The number of pyridine rings is 2. The summed E-state index contributed by atoms with van der Waals surface area (Å²) in [4.78, 5) is 22.3. The third kappa shape index (κ3) is 4.79. The van der Waals surface area contributed by atoms with E-state index in [1.807, 2.05) is 0 Å². The lowest BCUT2D eigenvalue weighted by molar-refractivity contribution is 0.0827. The maximum absolute atomic E-state index is 13.8. The van der Waals surface area contributed by atoms with Gasteiger partial charge in [-0.3, -0.25) is 9.78 Å². The Morgan fingerprint density at radius 2 is 1.85 bits per heavy atom. The Balaban J connectivity index is 1.75. The minimum Gasteiger partial charge on any atom is -0.492 e. The van der Waals surface area contributed by atoms with Crippen molar-refractivity contribution in [3.8, 4) is 5.88 Å². The van der Waals surface area contributed by atoms with Gasteiger partial charge in [-0.2, -0.15) is 8.42 Å². The zero-order valence-corrected chi connectivity index (χ0v) is 24.0. The molecule has 0 fully saturated rings. The SMILES string of the molecule is CN(C)C(=O)c1cccc(S(=O)(=O)n2nc(O)c3c4c(c(Nc5c(Cl)cncc5Cl)nc32)CCC(C)(C)C4)c1. The van der Waals surface area contributed by atoms with Gasteiger partial charge in [0.05, 0.1) is 26.0 Å². The summed E-state index contributed by atoms with van der Waals surface area (Å²) in [6.07, 6.45) is 4.90. The quantitative estimate of drug-likeness (QED) is 0.331. The molecule has 1 aliphatic carbocycles. The second-order valence-corrected chi connectivity index (χ2v) is 13.0. The van der Waals surface area contributed by atoms with Crippen molar-refractivity contribution in [2.75, 3.05) is 19.4 Å². The topological polar surface area (TPSA) is 130 Å². The maximum atomic E-state index is 13.8. The summed E-state index contributed by atoms with van der Waals surface area (Å²) in [5, 5.41) is 18.9. The molecule has 1 amide bonds. The summed E-state index contributed by atoms with van der Waals surface area (Å²) in [5.41, 5.74) is 1.96. The molecule has 0 bridgehead atoms. The van der Waals surface area contributed by atoms with E-state index in [1.165, 1.54) is 41.6 Å². The van der Waals surface area contributed by atoms with Crippen LogP contribution < -0.4 is 5.32 Å². The van der Waals surface area contributed by atoms with Crippen LogP contribution in [0, 0.1) is 5.41 Å². The van der Waals surface area contributed by atoms with Crippen LogP contribution in [0.5, 0.6) is 5.88 Å². The molecule has 10 nitrogen and oxygen atoms in total. The summed E-state index contributed by atoms with van der Waals surface area (Å²) < 4.78 is 28.4. The van der Waals surface area contributed by atoms with Crippen LogP contribution in [0.25, 0.3) is 11.0 Å². The number of carbonyl (C=O) groups is 1. The van der Waals surface area contributed by atoms with Gasteiger partial charge in [0.2, 0.25) is 5.88 Å². The van der Waals surface area contributed by atoms with Crippen molar-refractivity contribution in [2.24, 2.45) is 5.41 Å². The number of anilines is 2. The summed E-state index contributed by atoms with van der Waals surface area (Å²) in [5.74, 6) is -0.440. The Labute approximate surface area is 235 Å². The van der Waals surface area contributed by atoms with Crippen LogP contribution in [0.3, 0.4) is 0 Å². The highest BCUT2D eigenvalue weighted by atomic mass is 35.5. The van der Waals surface area contributed by atoms with Gasteiger partial charge in [-0.15, -0.1) is 9.19 Å². The molecule has 0 aliphatic heterocycles. The molecule has 3 heterocycles. The minimum atomic E-state index is -4.37. The molecule has 0 unspecified atom stereocenters. The summed E-state index contributed by atoms with van der Waals surface area (Å²) >= 11 is 12.7. The number of hydrogen-bond donors (Lipinski definition) is 2. The van der Waals surface area contributed by atoms with Gasteiger partial charge in [-0.25, -0.2) is 4.98 Å². The van der Waals surface area contributed by atoms with E-state index in [1.54, 1.807) is 14.1 Å². The molecule has 5 rings (SSSR count). The Kier molecular flexibility index (Phi) is 6.72. The van der Waals surface area contributed by atoms with Crippen LogP contribution in [0.2, 0.25) is 10.0 Å². The number of rotatable bonds is 5. The molecular formula is C26H26Cl2N6O4S. The third-order valence-corrected chi connectivity index (χ3v) is 8.93. The predicted molar refractivity (Wildman–Crippen MR) is 150 cm³/mol. The highest BCUT2D eigenvalue weighted by Crippen LogP contribution is 2.44. The zero-order valence-electron chi connectivity index (χ0n) is 21.7. The van der Waals surface area contributed by atoms with E-state index in [0.717, 1.165) is 17.5 Å². The Morgan fingerprint density at radius 3 is 2.51 bits per heavy atom. The number of aromatic nitrogens is 4. The van der Waals surface area contributed by atoms with Crippen molar-refractivity contribution in [3.63, 3.8) is 0 Å². The number of nitrogens with zero attached hydrogens (tertiary/aromatic N) is 5. The normalized spacial score (nSPS) is 14.7. The van der Waals surface area contributed by atoms with Gasteiger partial charge < -0.3 is 15.3 Å². The molecule has 0 atom stereocenters. The zero-order chi connectivity index (χ0) is 28.3. The molecule has 204 valence electrons. The standard InChI is InChI=1S/C26H26Cl2N6O4S/c1-26(2)9-8-16-17(11-26)20-23(31-22(16)30-21-18(27)12-29-13-19(21)28)34(32-24(20)35)39(37,38)15-7-5-6-14(10-15)25(36)33(3)4/h5-7,10,12-13H,8-9,11H2,1-4H3,(H,32,35)(H,29,30,31). The molecular weight excluding hydrogens is 563 g/mol. The molecule has 1 aliphatic rings. The molecule has 0 radical (unpaired) electrons. The number of hydrogen-bond acceptors (Lipinski definition) is 8. The largest absolute Gasteiger partial charge is 0.492 e. The first-order valence-corrected chi connectivity index (χ1v) is 14.3. The first-order valence-electron chi connectivity index (χ1n) is 12.1. The fraction of sp³-hybridized carbons (Fsp3) is 0.308. The van der Waals surface area contributed by atoms with Crippen LogP contribution >= 0.6 is 23.2 Å². The lowest BCUT2D eigenvalue weighted by Crippen LogP contribution is -2.24. The van der Waals surface area contributed by atoms with Crippen molar-refractivity contribution < 1.29 is 18.3 Å². The number of halogens is 2. The number of nitrogens with one attached hydrogen (secondary N) is 1. The molecule has 1 aromatic carbocycles. The van der Waals surface area contributed by atoms with Gasteiger partial charge in [0.15, 0.2) is 5.65 Å². The molecule has 2 N–H and O–H groups in total. The molecule has 0 saturated carbocycles. The van der Waals surface area contributed by atoms with Crippen molar-refractivity contribution in [1.29, 1.82) is 0 Å². The fourth-order valence-electron chi connectivity index (χ4n) is 4.78. The van der Waals surface area contributed by atoms with E-state index >= 15 is 0 Å². The average molecular weight is 590 g/mol. The molecule has 13 heteroatoms. The van der Waals surface area contributed by atoms with Crippen LogP contribution in [-0.2, 0) is 22.9 Å². The number of carbonyl (C=O) groups excluding carboxylic acids is 1. The van der Waals surface area contributed by atoms with E-state index in [-0.39, 0.29) is 42.9 Å².